The first kappa shape index (κ1) is 21.3. The van der Waals surface area contributed by atoms with E-state index in [0.717, 1.165) is 62.2 Å². The van der Waals surface area contributed by atoms with E-state index < -0.39 is 0 Å². The fourth-order valence-corrected chi connectivity index (χ4v) is 2.72. The van der Waals surface area contributed by atoms with Crippen LogP contribution in [0.15, 0.2) is 40.9 Å². The zero-order valence-corrected chi connectivity index (χ0v) is 17.5. The molecule has 1 heterocycles. The van der Waals surface area contributed by atoms with Gasteiger partial charge in [-0.2, -0.15) is 0 Å². The van der Waals surface area contributed by atoms with Crippen molar-refractivity contribution in [2.75, 3.05) is 33.4 Å². The lowest BCUT2D eigenvalue weighted by Crippen LogP contribution is -2.38. The Hall–Kier alpha value is -0.790. The molecule has 0 fully saturated rings. The minimum absolute atomic E-state index is 0. The van der Waals surface area contributed by atoms with Gasteiger partial charge in [-0.15, -0.1) is 24.0 Å². The molecule has 1 aromatic rings. The van der Waals surface area contributed by atoms with E-state index in [4.69, 9.17) is 21.3 Å². The molecule has 0 aromatic heterocycles. The Labute approximate surface area is 167 Å². The zero-order chi connectivity index (χ0) is 16.5. The van der Waals surface area contributed by atoms with Gasteiger partial charge in [0.05, 0.1) is 13.2 Å². The molecule has 0 bridgehead atoms. The highest BCUT2D eigenvalue weighted by atomic mass is 127. The fourth-order valence-electron chi connectivity index (χ4n) is 2.52. The second kappa shape index (κ2) is 11.7. The van der Waals surface area contributed by atoms with Crippen molar-refractivity contribution >= 4 is 41.5 Å². The Morgan fingerprint density at radius 3 is 2.83 bits per heavy atom. The van der Waals surface area contributed by atoms with Gasteiger partial charge >= 0.3 is 0 Å². The Bertz CT molecular complexity index is 563. The van der Waals surface area contributed by atoms with Crippen LogP contribution in [0.2, 0.25) is 5.02 Å². The van der Waals surface area contributed by atoms with Crippen molar-refractivity contribution in [3.63, 3.8) is 0 Å². The molecule has 0 saturated carbocycles. The highest BCUT2D eigenvalue weighted by molar-refractivity contribution is 14.0. The number of hydrogen-bond acceptors (Lipinski definition) is 2. The number of hydrogen-bond donors (Lipinski definition) is 1. The van der Waals surface area contributed by atoms with Crippen LogP contribution in [0, 0.1) is 0 Å². The summed E-state index contributed by atoms with van der Waals surface area (Å²) in [6.07, 6.45) is 4.21. The molecular formula is C18H27ClIN3O. The molecule has 0 aliphatic carbocycles. The van der Waals surface area contributed by atoms with E-state index in [0.29, 0.717) is 0 Å². The number of rotatable bonds is 6. The maximum Gasteiger partial charge on any atom is 0.193 e. The molecule has 0 amide bonds. The molecule has 6 heteroatoms. The number of guanidine groups is 1. The average Bonchev–Trinajstić information content (AvgIpc) is 2.57. The van der Waals surface area contributed by atoms with Gasteiger partial charge in [0.15, 0.2) is 5.96 Å². The molecule has 0 saturated heterocycles. The van der Waals surface area contributed by atoms with Crippen LogP contribution in [0.1, 0.15) is 25.3 Å². The zero-order valence-electron chi connectivity index (χ0n) is 14.4. The monoisotopic (exact) mass is 463 g/mol. The summed E-state index contributed by atoms with van der Waals surface area (Å²) in [5.74, 6) is 0.917. The molecule has 1 aliphatic rings. The van der Waals surface area contributed by atoms with Crippen molar-refractivity contribution in [3.05, 3.63) is 46.5 Å². The fraction of sp³-hybridized carbons (Fsp3) is 0.500. The van der Waals surface area contributed by atoms with Gasteiger partial charge in [0.1, 0.15) is 0 Å². The van der Waals surface area contributed by atoms with Gasteiger partial charge in [0.25, 0.3) is 0 Å². The summed E-state index contributed by atoms with van der Waals surface area (Å²) in [6.45, 7) is 6.04. The average molecular weight is 464 g/mol. The Balaban J connectivity index is 0.00000288. The molecule has 0 spiro atoms. The quantitative estimate of drug-likeness (QED) is 0.299. The molecular weight excluding hydrogens is 437 g/mol. The van der Waals surface area contributed by atoms with Crippen molar-refractivity contribution in [2.24, 2.45) is 4.99 Å². The number of nitrogens with zero attached hydrogens (tertiary/aromatic N) is 2. The molecule has 24 heavy (non-hydrogen) atoms. The van der Waals surface area contributed by atoms with Crippen LogP contribution in [0.25, 0.3) is 0 Å². The van der Waals surface area contributed by atoms with Crippen LogP contribution in [-0.2, 0) is 11.3 Å². The van der Waals surface area contributed by atoms with Gasteiger partial charge in [0, 0.05) is 31.7 Å². The van der Waals surface area contributed by atoms with E-state index in [9.17, 15) is 0 Å². The molecule has 0 atom stereocenters. The van der Waals surface area contributed by atoms with Gasteiger partial charge in [-0.25, -0.2) is 0 Å². The first-order chi connectivity index (χ1) is 11.2. The molecule has 1 aliphatic heterocycles. The Morgan fingerprint density at radius 2 is 2.17 bits per heavy atom. The summed E-state index contributed by atoms with van der Waals surface area (Å²) in [5, 5.41) is 4.14. The Kier molecular flexibility index (Phi) is 10.4. The SMILES string of the molecule is CCNC(=NCCC1=CCOCC1)N(C)Cc1ccccc1Cl.I. The van der Waals surface area contributed by atoms with Crippen LogP contribution in [0.4, 0.5) is 0 Å². The van der Waals surface area contributed by atoms with Crippen LogP contribution < -0.4 is 5.32 Å². The van der Waals surface area contributed by atoms with Crippen molar-refractivity contribution in [3.8, 4) is 0 Å². The third-order valence-electron chi connectivity index (χ3n) is 3.81. The van der Waals surface area contributed by atoms with Crippen molar-refractivity contribution < 1.29 is 4.74 Å². The first-order valence-corrected chi connectivity index (χ1v) is 8.57. The lowest BCUT2D eigenvalue weighted by atomic mass is 10.1. The molecule has 1 aromatic carbocycles. The van der Waals surface area contributed by atoms with Gasteiger partial charge in [-0.05, 0) is 31.4 Å². The molecule has 1 N–H and O–H groups in total. The smallest absolute Gasteiger partial charge is 0.193 e. The maximum absolute atomic E-state index is 6.25. The third-order valence-corrected chi connectivity index (χ3v) is 4.18. The lowest BCUT2D eigenvalue weighted by Gasteiger charge is -2.23. The first-order valence-electron chi connectivity index (χ1n) is 8.19. The molecule has 0 radical (unpaired) electrons. The number of nitrogens with one attached hydrogen (secondary N) is 1. The van der Waals surface area contributed by atoms with Crippen molar-refractivity contribution in [1.82, 2.24) is 10.2 Å². The molecule has 134 valence electrons. The molecule has 4 nitrogen and oxygen atoms in total. The molecule has 2 rings (SSSR count). The summed E-state index contributed by atoms with van der Waals surface area (Å²) in [7, 11) is 2.04. The summed E-state index contributed by atoms with van der Waals surface area (Å²) in [4.78, 5) is 6.85. The van der Waals surface area contributed by atoms with E-state index >= 15 is 0 Å². The second-order valence-electron chi connectivity index (χ2n) is 5.62. The van der Waals surface area contributed by atoms with Crippen LogP contribution in [0.3, 0.4) is 0 Å². The minimum atomic E-state index is 0. The minimum Gasteiger partial charge on any atom is -0.377 e. The van der Waals surface area contributed by atoms with E-state index in [2.05, 4.69) is 29.3 Å². The van der Waals surface area contributed by atoms with Gasteiger partial charge in [-0.3, -0.25) is 4.99 Å². The highest BCUT2D eigenvalue weighted by Crippen LogP contribution is 2.16. The van der Waals surface area contributed by atoms with E-state index in [1.54, 1.807) is 0 Å². The van der Waals surface area contributed by atoms with Gasteiger partial charge < -0.3 is 15.0 Å². The number of aliphatic imine (C=N–C) groups is 1. The summed E-state index contributed by atoms with van der Waals surface area (Å²) in [6, 6.07) is 7.94. The van der Waals surface area contributed by atoms with E-state index in [-0.39, 0.29) is 24.0 Å². The van der Waals surface area contributed by atoms with E-state index in [1.807, 2.05) is 25.2 Å². The summed E-state index contributed by atoms with van der Waals surface area (Å²) in [5.41, 5.74) is 2.55. The van der Waals surface area contributed by atoms with Gasteiger partial charge in [0.2, 0.25) is 0 Å². The largest absolute Gasteiger partial charge is 0.377 e. The number of ether oxygens (including phenoxy) is 1. The predicted molar refractivity (Wildman–Crippen MR) is 112 cm³/mol. The summed E-state index contributed by atoms with van der Waals surface area (Å²) >= 11 is 6.25. The standard InChI is InChI=1S/C18H26ClN3O.HI/c1-3-20-18(21-11-8-15-9-12-23-13-10-15)22(2)14-16-6-4-5-7-17(16)19;/h4-7,9H,3,8,10-14H2,1-2H3,(H,20,21);1H. The highest BCUT2D eigenvalue weighted by Gasteiger charge is 2.09. The van der Waals surface area contributed by atoms with Crippen LogP contribution in [-0.4, -0.2) is 44.2 Å². The van der Waals surface area contributed by atoms with E-state index in [1.165, 1.54) is 5.57 Å². The second-order valence-corrected chi connectivity index (χ2v) is 6.03. The van der Waals surface area contributed by atoms with Crippen molar-refractivity contribution in [1.29, 1.82) is 0 Å². The van der Waals surface area contributed by atoms with Crippen LogP contribution in [0.5, 0.6) is 0 Å². The maximum atomic E-state index is 6.25. The van der Waals surface area contributed by atoms with Gasteiger partial charge in [-0.1, -0.05) is 41.4 Å². The number of halogens is 2. The van der Waals surface area contributed by atoms with Crippen molar-refractivity contribution in [2.45, 2.75) is 26.3 Å². The normalized spacial score (nSPS) is 14.6. The number of benzene rings is 1. The third kappa shape index (κ3) is 6.99. The molecule has 0 unspecified atom stereocenters. The summed E-state index contributed by atoms with van der Waals surface area (Å²) < 4.78 is 5.34. The Morgan fingerprint density at radius 1 is 1.38 bits per heavy atom. The lowest BCUT2D eigenvalue weighted by molar-refractivity contribution is 0.153. The predicted octanol–water partition coefficient (Wildman–Crippen LogP) is 4.09. The topological polar surface area (TPSA) is 36.9 Å². The van der Waals surface area contributed by atoms with Crippen LogP contribution >= 0.6 is 35.6 Å².